The van der Waals surface area contributed by atoms with Gasteiger partial charge in [-0.25, -0.2) is 4.79 Å². The molecule has 0 fully saturated rings. The van der Waals surface area contributed by atoms with Crippen LogP contribution in [0.15, 0.2) is 42.5 Å². The molecule has 0 heterocycles. The lowest BCUT2D eigenvalue weighted by molar-refractivity contribution is 0.0697. The van der Waals surface area contributed by atoms with Crippen LogP contribution < -0.4 is 4.74 Å². The number of carboxylic acids is 1. The standard InChI is InChI=1S/C20H18ClNO3/c1-3-13(2)25-19-9-4-14(11-18(19)21)10-17(12-22)15-5-7-16(8-6-15)20(23)24/h4-11,13H,3H2,1-2H3,(H,23,24)/b17-10-. The van der Waals surface area contributed by atoms with Gasteiger partial charge in [-0.05, 0) is 54.8 Å². The van der Waals surface area contributed by atoms with Crippen LogP contribution >= 0.6 is 11.6 Å². The number of halogens is 1. The number of rotatable bonds is 6. The van der Waals surface area contributed by atoms with Crippen molar-refractivity contribution in [2.75, 3.05) is 0 Å². The van der Waals surface area contributed by atoms with Gasteiger partial charge in [-0.1, -0.05) is 36.7 Å². The molecule has 128 valence electrons. The number of hydrogen-bond acceptors (Lipinski definition) is 3. The number of hydrogen-bond donors (Lipinski definition) is 1. The van der Waals surface area contributed by atoms with Crippen LogP contribution in [0.1, 0.15) is 41.8 Å². The summed E-state index contributed by atoms with van der Waals surface area (Å²) >= 11 is 6.26. The molecule has 0 aliphatic heterocycles. The molecule has 4 nitrogen and oxygen atoms in total. The first-order valence-electron chi connectivity index (χ1n) is 7.86. The number of carbonyl (C=O) groups is 1. The molecule has 0 spiro atoms. The second kappa shape index (κ2) is 8.36. The molecule has 2 rings (SSSR count). The van der Waals surface area contributed by atoms with Gasteiger partial charge in [-0.2, -0.15) is 5.26 Å². The number of nitrogens with zero attached hydrogens (tertiary/aromatic N) is 1. The summed E-state index contributed by atoms with van der Waals surface area (Å²) in [6.07, 6.45) is 2.65. The van der Waals surface area contributed by atoms with Crippen molar-refractivity contribution >= 4 is 29.2 Å². The smallest absolute Gasteiger partial charge is 0.335 e. The molecule has 1 unspecified atom stereocenters. The van der Waals surface area contributed by atoms with Gasteiger partial charge in [0.2, 0.25) is 0 Å². The van der Waals surface area contributed by atoms with Crippen LogP contribution in [0.5, 0.6) is 5.75 Å². The number of aromatic carboxylic acids is 1. The van der Waals surface area contributed by atoms with Crippen molar-refractivity contribution < 1.29 is 14.6 Å². The first-order chi connectivity index (χ1) is 11.9. The average molecular weight is 356 g/mol. The second-order valence-electron chi connectivity index (χ2n) is 5.58. The molecule has 0 aromatic heterocycles. The van der Waals surface area contributed by atoms with Crippen LogP contribution in [0.2, 0.25) is 5.02 Å². The summed E-state index contributed by atoms with van der Waals surface area (Å²) in [4.78, 5) is 10.9. The van der Waals surface area contributed by atoms with Crippen molar-refractivity contribution in [2.45, 2.75) is 26.4 Å². The van der Waals surface area contributed by atoms with Crippen LogP contribution in [-0.2, 0) is 0 Å². The molecule has 2 aromatic carbocycles. The predicted octanol–water partition coefficient (Wildman–Crippen LogP) is 5.28. The number of benzene rings is 2. The number of allylic oxidation sites excluding steroid dienone is 1. The van der Waals surface area contributed by atoms with Crippen molar-refractivity contribution in [3.8, 4) is 11.8 Å². The second-order valence-corrected chi connectivity index (χ2v) is 5.99. The molecule has 0 saturated carbocycles. The van der Waals surface area contributed by atoms with E-state index in [1.807, 2.05) is 19.9 Å². The number of nitriles is 1. The van der Waals surface area contributed by atoms with Crippen LogP contribution in [0.25, 0.3) is 11.6 Å². The van der Waals surface area contributed by atoms with Gasteiger partial charge in [0.25, 0.3) is 0 Å². The zero-order valence-electron chi connectivity index (χ0n) is 14.0. The minimum atomic E-state index is -1.00. The van der Waals surface area contributed by atoms with Crippen molar-refractivity contribution in [1.29, 1.82) is 5.26 Å². The topological polar surface area (TPSA) is 70.3 Å². The first-order valence-corrected chi connectivity index (χ1v) is 8.24. The molecular weight excluding hydrogens is 338 g/mol. The molecular formula is C20H18ClNO3. The molecule has 1 N–H and O–H groups in total. The summed E-state index contributed by atoms with van der Waals surface area (Å²) in [6, 6.07) is 13.6. The third-order valence-corrected chi connectivity index (χ3v) is 4.03. The maximum Gasteiger partial charge on any atom is 0.335 e. The molecule has 2 aromatic rings. The lowest BCUT2D eigenvalue weighted by atomic mass is 10.0. The van der Waals surface area contributed by atoms with Gasteiger partial charge in [-0.15, -0.1) is 0 Å². The van der Waals surface area contributed by atoms with E-state index >= 15 is 0 Å². The Bertz CT molecular complexity index is 835. The Labute approximate surface area is 151 Å². The molecule has 0 bridgehead atoms. The van der Waals surface area contributed by atoms with Gasteiger partial charge in [0.1, 0.15) is 5.75 Å². The number of carboxylic acid groups (broad SMARTS) is 1. The Kier molecular flexibility index (Phi) is 6.21. The van der Waals surface area contributed by atoms with E-state index in [0.29, 0.717) is 21.9 Å². The highest BCUT2D eigenvalue weighted by Gasteiger charge is 2.08. The van der Waals surface area contributed by atoms with E-state index in [0.717, 1.165) is 12.0 Å². The lowest BCUT2D eigenvalue weighted by Crippen LogP contribution is -2.09. The monoisotopic (exact) mass is 355 g/mol. The van der Waals surface area contributed by atoms with E-state index in [-0.39, 0.29) is 11.7 Å². The molecule has 0 aliphatic rings. The zero-order chi connectivity index (χ0) is 18.4. The van der Waals surface area contributed by atoms with E-state index in [9.17, 15) is 10.1 Å². The highest BCUT2D eigenvalue weighted by molar-refractivity contribution is 6.32. The summed E-state index contributed by atoms with van der Waals surface area (Å²) in [7, 11) is 0. The zero-order valence-corrected chi connectivity index (χ0v) is 14.7. The predicted molar refractivity (Wildman–Crippen MR) is 98.7 cm³/mol. The van der Waals surface area contributed by atoms with Gasteiger partial charge in [0.15, 0.2) is 0 Å². The van der Waals surface area contributed by atoms with Crippen LogP contribution in [0, 0.1) is 11.3 Å². The largest absolute Gasteiger partial charge is 0.489 e. The van der Waals surface area contributed by atoms with Crippen molar-refractivity contribution in [2.24, 2.45) is 0 Å². The Morgan fingerprint density at radius 2 is 1.92 bits per heavy atom. The average Bonchev–Trinajstić information content (AvgIpc) is 2.61. The van der Waals surface area contributed by atoms with E-state index in [4.69, 9.17) is 21.4 Å². The minimum absolute atomic E-state index is 0.0707. The Morgan fingerprint density at radius 3 is 2.44 bits per heavy atom. The Balaban J connectivity index is 2.29. The quantitative estimate of drug-likeness (QED) is 0.565. The van der Waals surface area contributed by atoms with Crippen molar-refractivity contribution in [1.82, 2.24) is 0 Å². The molecule has 0 aliphatic carbocycles. The Morgan fingerprint density at radius 1 is 1.28 bits per heavy atom. The summed E-state index contributed by atoms with van der Waals surface area (Å²) < 4.78 is 5.73. The van der Waals surface area contributed by atoms with Gasteiger partial charge in [0.05, 0.1) is 28.3 Å². The summed E-state index contributed by atoms with van der Waals surface area (Å²) in [6.45, 7) is 4.00. The summed E-state index contributed by atoms with van der Waals surface area (Å²) in [5.41, 5.74) is 2.00. The molecule has 0 amide bonds. The molecule has 1 atom stereocenters. The van der Waals surface area contributed by atoms with Crippen LogP contribution in [0.3, 0.4) is 0 Å². The third kappa shape index (κ3) is 4.85. The highest BCUT2D eigenvalue weighted by atomic mass is 35.5. The van der Waals surface area contributed by atoms with Gasteiger partial charge in [-0.3, -0.25) is 0 Å². The fourth-order valence-electron chi connectivity index (χ4n) is 2.14. The van der Waals surface area contributed by atoms with Crippen LogP contribution in [0.4, 0.5) is 0 Å². The summed E-state index contributed by atoms with van der Waals surface area (Å²) in [5.74, 6) is -0.393. The van der Waals surface area contributed by atoms with Gasteiger partial charge >= 0.3 is 5.97 Å². The highest BCUT2D eigenvalue weighted by Crippen LogP contribution is 2.28. The van der Waals surface area contributed by atoms with E-state index in [2.05, 4.69) is 6.07 Å². The minimum Gasteiger partial charge on any atom is -0.489 e. The van der Waals surface area contributed by atoms with E-state index in [1.165, 1.54) is 12.1 Å². The first kappa shape index (κ1) is 18.6. The lowest BCUT2D eigenvalue weighted by Gasteiger charge is -2.14. The maximum atomic E-state index is 10.9. The fourth-order valence-corrected chi connectivity index (χ4v) is 2.38. The van der Waals surface area contributed by atoms with E-state index in [1.54, 1.807) is 30.3 Å². The van der Waals surface area contributed by atoms with Crippen molar-refractivity contribution in [3.05, 3.63) is 64.2 Å². The van der Waals surface area contributed by atoms with Gasteiger partial charge in [0, 0.05) is 0 Å². The third-order valence-electron chi connectivity index (χ3n) is 3.73. The SMILES string of the molecule is CCC(C)Oc1ccc(/C=C(/C#N)c2ccc(C(=O)O)cc2)cc1Cl. The van der Waals surface area contributed by atoms with Crippen molar-refractivity contribution in [3.63, 3.8) is 0 Å². The summed E-state index contributed by atoms with van der Waals surface area (Å²) in [5, 5.41) is 18.8. The molecule has 5 heteroatoms. The van der Waals surface area contributed by atoms with E-state index < -0.39 is 5.97 Å². The number of ether oxygens (including phenoxy) is 1. The Hall–Kier alpha value is -2.77. The molecule has 25 heavy (non-hydrogen) atoms. The van der Waals surface area contributed by atoms with Gasteiger partial charge < -0.3 is 9.84 Å². The van der Waals surface area contributed by atoms with Crippen LogP contribution in [-0.4, -0.2) is 17.2 Å². The normalized spacial score (nSPS) is 12.3. The molecule has 0 radical (unpaired) electrons. The fraction of sp³-hybridized carbons (Fsp3) is 0.200. The molecule has 0 saturated heterocycles. The maximum absolute atomic E-state index is 10.9.